The predicted octanol–water partition coefficient (Wildman–Crippen LogP) is 9.77. The van der Waals surface area contributed by atoms with Gasteiger partial charge in [0, 0.05) is 33.9 Å². The molecule has 0 saturated heterocycles. The smallest absolute Gasteiger partial charge is 0.197 e. The van der Waals surface area contributed by atoms with E-state index in [2.05, 4.69) is 174 Å². The van der Waals surface area contributed by atoms with Crippen LogP contribution in [0.3, 0.4) is 0 Å². The van der Waals surface area contributed by atoms with Crippen LogP contribution < -0.4 is 4.57 Å². The normalized spacial score (nSPS) is 13.3. The molecule has 0 aliphatic rings. The summed E-state index contributed by atoms with van der Waals surface area (Å²) < 4.78 is 8.99. The molecule has 0 bridgehead atoms. The zero-order chi connectivity index (χ0) is 31.3. The molecule has 0 aliphatic heterocycles. The summed E-state index contributed by atoms with van der Waals surface area (Å²) in [5.74, 6) is 0. The summed E-state index contributed by atoms with van der Waals surface area (Å²) >= 11 is 0. The lowest BCUT2D eigenvalue weighted by molar-refractivity contribution is -0.681. The van der Waals surface area contributed by atoms with E-state index in [1.165, 1.54) is 22.3 Å². The topological polar surface area (TPSA) is 29.9 Å². The van der Waals surface area contributed by atoms with E-state index in [4.69, 9.17) is 9.40 Å². The number of hydrogen-bond acceptors (Lipinski definition) is 2. The molecular weight excluding hydrogens is 548 g/mol. The van der Waals surface area contributed by atoms with Gasteiger partial charge >= 0.3 is 0 Å². The largest absolute Gasteiger partial charge is 0.455 e. The van der Waals surface area contributed by atoms with Crippen molar-refractivity contribution in [2.75, 3.05) is 0 Å². The van der Waals surface area contributed by atoms with Crippen molar-refractivity contribution in [3.05, 3.63) is 167 Å². The van der Waals surface area contributed by atoms with Crippen molar-refractivity contribution in [2.24, 2.45) is 7.05 Å². The van der Waals surface area contributed by atoms with Gasteiger partial charge in [-0.25, -0.2) is 4.57 Å². The van der Waals surface area contributed by atoms with Crippen LogP contribution in [0, 0.1) is 13.8 Å². The van der Waals surface area contributed by atoms with Crippen molar-refractivity contribution in [3.63, 3.8) is 0 Å². The van der Waals surface area contributed by atoms with E-state index in [-0.39, 0.29) is 5.41 Å². The highest BCUT2D eigenvalue weighted by molar-refractivity contribution is 6.12. The Kier molecular flexibility index (Phi) is 6.93. The summed E-state index contributed by atoms with van der Waals surface area (Å²) in [6.45, 7) is 11.3. The number of rotatable bonds is 6. The molecule has 0 fully saturated rings. The van der Waals surface area contributed by atoms with Crippen molar-refractivity contribution < 1.29 is 8.98 Å². The van der Waals surface area contributed by atoms with E-state index in [1.54, 1.807) is 0 Å². The van der Waals surface area contributed by atoms with Gasteiger partial charge < -0.3 is 4.42 Å². The molecule has 7 rings (SSSR count). The van der Waals surface area contributed by atoms with E-state index in [1.807, 2.05) is 0 Å². The summed E-state index contributed by atoms with van der Waals surface area (Å²) in [5, 5.41) is 2.26. The highest BCUT2D eigenvalue weighted by Crippen LogP contribution is 2.47. The fraction of sp³-hybridized carbons (Fsp3) is 0.190. The molecule has 4 aromatic carbocycles. The number of aromatic nitrogens is 2. The molecule has 0 radical (unpaired) electrons. The molecule has 0 aliphatic carbocycles. The van der Waals surface area contributed by atoms with Crippen molar-refractivity contribution in [1.82, 2.24) is 4.98 Å². The van der Waals surface area contributed by atoms with Crippen LogP contribution in [-0.2, 0) is 17.9 Å². The maximum atomic E-state index is 6.75. The quantitative estimate of drug-likeness (QED) is 0.181. The zero-order valence-corrected chi connectivity index (χ0v) is 26.9. The van der Waals surface area contributed by atoms with Gasteiger partial charge in [0.15, 0.2) is 11.9 Å². The Hall–Kier alpha value is -5.02. The number of pyridine rings is 2. The molecule has 1 atom stereocenters. The molecule has 0 spiro atoms. The van der Waals surface area contributed by atoms with Gasteiger partial charge in [-0.2, -0.15) is 0 Å². The second kappa shape index (κ2) is 10.9. The first-order valence-electron chi connectivity index (χ1n) is 15.7. The molecule has 3 aromatic heterocycles. The lowest BCUT2D eigenvalue weighted by atomic mass is 9.71. The Morgan fingerprint density at radius 1 is 0.644 bits per heavy atom. The minimum atomic E-state index is -0.600. The minimum absolute atomic E-state index is 0.283. The fourth-order valence-electron chi connectivity index (χ4n) is 7.39. The van der Waals surface area contributed by atoms with Crippen molar-refractivity contribution in [1.29, 1.82) is 0 Å². The summed E-state index contributed by atoms with van der Waals surface area (Å²) in [7, 11) is 2.13. The van der Waals surface area contributed by atoms with Gasteiger partial charge in [-0.05, 0) is 66.8 Å². The van der Waals surface area contributed by atoms with Crippen molar-refractivity contribution in [2.45, 2.75) is 45.4 Å². The number of furan rings is 1. The van der Waals surface area contributed by atoms with E-state index in [0.29, 0.717) is 0 Å². The Balaban J connectivity index is 1.55. The summed E-state index contributed by atoms with van der Waals surface area (Å²) in [5.41, 5.74) is 11.3. The van der Waals surface area contributed by atoms with Crippen molar-refractivity contribution >= 4 is 21.9 Å². The van der Waals surface area contributed by atoms with Gasteiger partial charge in [0.25, 0.3) is 0 Å². The number of para-hydroxylation sites is 1. The molecule has 0 amide bonds. The molecule has 1 unspecified atom stereocenters. The molecule has 0 N–H and O–H groups in total. The maximum Gasteiger partial charge on any atom is 0.197 e. The first-order chi connectivity index (χ1) is 21.7. The number of fused-ring (bicyclic) bond motifs is 3. The lowest BCUT2D eigenvalue weighted by Gasteiger charge is -2.32. The maximum absolute atomic E-state index is 6.75. The summed E-state index contributed by atoms with van der Waals surface area (Å²) in [6.07, 6.45) is 2.13. The van der Waals surface area contributed by atoms with Crippen LogP contribution in [0.2, 0.25) is 0 Å². The van der Waals surface area contributed by atoms with Gasteiger partial charge in [0.1, 0.15) is 23.6 Å². The van der Waals surface area contributed by atoms with Crippen LogP contribution in [0.5, 0.6) is 0 Å². The Morgan fingerprint density at radius 2 is 1.36 bits per heavy atom. The molecule has 7 aromatic rings. The third kappa shape index (κ3) is 4.57. The monoisotopic (exact) mass is 587 g/mol. The number of hydrogen-bond donors (Lipinski definition) is 0. The van der Waals surface area contributed by atoms with Crippen LogP contribution in [0.25, 0.3) is 33.1 Å². The highest BCUT2D eigenvalue weighted by Gasteiger charge is 2.43. The summed E-state index contributed by atoms with van der Waals surface area (Å²) in [6, 6.07) is 43.0. The standard InChI is InChI=1S/C42H39N2O/c1-28-16-10-11-21-33(28)41(3,4)35-22-15-23-36(43-35)42(5,37-24-12-13-27-44(37)6)39-29(2)25-26-34-38(39)32-20-14-19-31(40(32)45-34)30-17-8-7-9-18-30/h7-27H,1-6H3/q+1. The molecule has 222 valence electrons. The third-order valence-corrected chi connectivity index (χ3v) is 9.74. The van der Waals surface area contributed by atoms with Crippen LogP contribution in [0.15, 0.2) is 132 Å². The van der Waals surface area contributed by atoms with Crippen LogP contribution in [-0.4, -0.2) is 4.98 Å². The minimum Gasteiger partial charge on any atom is -0.455 e. The SMILES string of the molecule is Cc1ccccc1C(C)(C)c1cccc(C(C)(c2c(C)ccc3oc4c(-c5ccccc5)cccc4c23)c2cccc[n+]2C)n1. The predicted molar refractivity (Wildman–Crippen MR) is 185 cm³/mol. The first kappa shape index (κ1) is 28.7. The number of nitrogens with zero attached hydrogens (tertiary/aromatic N) is 2. The molecular formula is C42H39N2O+. The van der Waals surface area contributed by atoms with Gasteiger partial charge in [-0.3, -0.25) is 4.98 Å². The summed E-state index contributed by atoms with van der Waals surface area (Å²) in [4.78, 5) is 5.56. The molecule has 0 saturated carbocycles. The average molecular weight is 588 g/mol. The van der Waals surface area contributed by atoms with Gasteiger partial charge in [-0.1, -0.05) is 105 Å². The number of aryl methyl sites for hydroxylation is 3. The molecule has 45 heavy (non-hydrogen) atoms. The van der Waals surface area contributed by atoms with Crippen molar-refractivity contribution in [3.8, 4) is 11.1 Å². The Morgan fingerprint density at radius 3 is 2.13 bits per heavy atom. The second-order valence-electron chi connectivity index (χ2n) is 13.0. The molecule has 3 nitrogen and oxygen atoms in total. The van der Waals surface area contributed by atoms with Crippen LogP contribution in [0.1, 0.15) is 60.1 Å². The second-order valence-corrected chi connectivity index (χ2v) is 13.0. The lowest BCUT2D eigenvalue weighted by Crippen LogP contribution is -2.44. The van der Waals surface area contributed by atoms with Gasteiger partial charge in [0.05, 0.1) is 11.4 Å². The Labute approximate surface area is 265 Å². The van der Waals surface area contributed by atoms with Crippen LogP contribution >= 0.6 is 0 Å². The van der Waals surface area contributed by atoms with E-state index in [0.717, 1.165) is 50.1 Å². The highest BCUT2D eigenvalue weighted by atomic mass is 16.3. The first-order valence-corrected chi connectivity index (χ1v) is 15.7. The van der Waals surface area contributed by atoms with Crippen LogP contribution in [0.4, 0.5) is 0 Å². The average Bonchev–Trinajstić information content (AvgIpc) is 3.44. The van der Waals surface area contributed by atoms with Gasteiger partial charge in [-0.15, -0.1) is 0 Å². The van der Waals surface area contributed by atoms with Gasteiger partial charge in [0.2, 0.25) is 0 Å². The van der Waals surface area contributed by atoms with E-state index >= 15 is 0 Å². The Bertz CT molecular complexity index is 2190. The van der Waals surface area contributed by atoms with E-state index in [9.17, 15) is 0 Å². The van der Waals surface area contributed by atoms with E-state index < -0.39 is 5.41 Å². The fourth-order valence-corrected chi connectivity index (χ4v) is 7.39. The third-order valence-electron chi connectivity index (χ3n) is 9.74. The molecule has 3 heteroatoms. The zero-order valence-electron chi connectivity index (χ0n) is 26.9. The number of benzene rings is 4. The molecule has 3 heterocycles.